The molecule has 3 nitrogen and oxygen atoms in total. The van der Waals surface area contributed by atoms with Gasteiger partial charge in [-0.05, 0) is 42.2 Å². The van der Waals surface area contributed by atoms with Crippen LogP contribution in [0.2, 0.25) is 0 Å². The maximum Gasteiger partial charge on any atom is 0.228 e. The summed E-state index contributed by atoms with van der Waals surface area (Å²) in [6.07, 6.45) is 1.42. The molecular formula is C19H23NO2. The molecule has 0 aliphatic rings. The first-order chi connectivity index (χ1) is 10.6. The summed E-state index contributed by atoms with van der Waals surface area (Å²) >= 11 is 0. The highest BCUT2D eigenvalue weighted by molar-refractivity contribution is 5.92. The third-order valence-electron chi connectivity index (χ3n) is 3.31. The first-order valence-corrected chi connectivity index (χ1v) is 7.70. The fourth-order valence-corrected chi connectivity index (χ4v) is 2.03. The summed E-state index contributed by atoms with van der Waals surface area (Å²) in [5.74, 6) is 1.46. The molecule has 0 aliphatic carbocycles. The van der Waals surface area contributed by atoms with Crippen molar-refractivity contribution in [3.8, 4) is 5.75 Å². The Labute approximate surface area is 132 Å². The van der Waals surface area contributed by atoms with Crippen LogP contribution in [0.5, 0.6) is 5.75 Å². The average Bonchev–Trinajstić information content (AvgIpc) is 2.49. The Morgan fingerprint density at radius 1 is 1.05 bits per heavy atom. The second kappa shape index (κ2) is 8.23. The Kier molecular flexibility index (Phi) is 6.01. The molecule has 0 fully saturated rings. The second-order valence-corrected chi connectivity index (χ2v) is 5.77. The van der Waals surface area contributed by atoms with Crippen LogP contribution >= 0.6 is 0 Å². The van der Waals surface area contributed by atoms with Crippen molar-refractivity contribution in [1.29, 1.82) is 0 Å². The summed E-state index contributed by atoms with van der Waals surface area (Å²) in [6.45, 7) is 5.07. The number of anilines is 1. The van der Waals surface area contributed by atoms with E-state index in [-0.39, 0.29) is 5.91 Å². The van der Waals surface area contributed by atoms with Gasteiger partial charge in [-0.25, -0.2) is 0 Å². The smallest absolute Gasteiger partial charge is 0.228 e. The van der Waals surface area contributed by atoms with Gasteiger partial charge in [0.25, 0.3) is 0 Å². The highest BCUT2D eigenvalue weighted by atomic mass is 16.5. The molecule has 0 saturated carbocycles. The number of rotatable bonds is 7. The monoisotopic (exact) mass is 297 g/mol. The van der Waals surface area contributed by atoms with E-state index >= 15 is 0 Å². The molecule has 116 valence electrons. The van der Waals surface area contributed by atoms with Gasteiger partial charge in [0.05, 0.1) is 13.0 Å². The van der Waals surface area contributed by atoms with Crippen LogP contribution in [0, 0.1) is 5.92 Å². The van der Waals surface area contributed by atoms with Gasteiger partial charge in [-0.3, -0.25) is 4.79 Å². The molecule has 1 N–H and O–H groups in total. The van der Waals surface area contributed by atoms with E-state index in [1.54, 1.807) is 0 Å². The molecule has 2 aromatic carbocycles. The van der Waals surface area contributed by atoms with E-state index < -0.39 is 0 Å². The number of benzene rings is 2. The lowest BCUT2D eigenvalue weighted by Gasteiger charge is -2.09. The van der Waals surface area contributed by atoms with Gasteiger partial charge in [0.15, 0.2) is 0 Å². The summed E-state index contributed by atoms with van der Waals surface area (Å²) < 4.78 is 5.66. The molecule has 2 rings (SSSR count). The maximum atomic E-state index is 12.0. The highest BCUT2D eigenvalue weighted by Crippen LogP contribution is 2.16. The summed E-state index contributed by atoms with van der Waals surface area (Å²) in [6, 6.07) is 17.2. The molecule has 0 atom stereocenters. The van der Waals surface area contributed by atoms with E-state index in [4.69, 9.17) is 4.74 Å². The SMILES string of the molecule is CC(C)CCOc1ccc(NC(=O)Cc2ccccc2)cc1. The number of amides is 1. The Morgan fingerprint density at radius 2 is 1.73 bits per heavy atom. The Bertz CT molecular complexity index is 576. The summed E-state index contributed by atoms with van der Waals surface area (Å²) in [5, 5.41) is 2.90. The van der Waals surface area contributed by atoms with Crippen molar-refractivity contribution in [2.24, 2.45) is 5.92 Å². The van der Waals surface area contributed by atoms with Crippen molar-refractivity contribution in [1.82, 2.24) is 0 Å². The molecule has 0 unspecified atom stereocenters. The van der Waals surface area contributed by atoms with E-state index in [9.17, 15) is 4.79 Å². The standard InChI is InChI=1S/C19H23NO2/c1-15(2)12-13-22-18-10-8-17(9-11-18)20-19(21)14-16-6-4-3-5-7-16/h3-11,15H,12-14H2,1-2H3,(H,20,21). The molecule has 0 saturated heterocycles. The molecule has 3 heteroatoms. The van der Waals surface area contributed by atoms with Crippen molar-refractivity contribution < 1.29 is 9.53 Å². The second-order valence-electron chi connectivity index (χ2n) is 5.77. The number of carbonyl (C=O) groups is 1. The lowest BCUT2D eigenvalue weighted by molar-refractivity contribution is -0.115. The van der Waals surface area contributed by atoms with Gasteiger partial charge in [0.1, 0.15) is 5.75 Å². The maximum absolute atomic E-state index is 12.0. The quantitative estimate of drug-likeness (QED) is 0.827. The molecule has 0 bridgehead atoms. The first kappa shape index (κ1) is 16.1. The first-order valence-electron chi connectivity index (χ1n) is 7.70. The van der Waals surface area contributed by atoms with Crippen LogP contribution < -0.4 is 10.1 Å². The van der Waals surface area contributed by atoms with Crippen molar-refractivity contribution >= 4 is 11.6 Å². The zero-order valence-electron chi connectivity index (χ0n) is 13.2. The predicted molar refractivity (Wildman–Crippen MR) is 90.2 cm³/mol. The average molecular weight is 297 g/mol. The molecule has 0 aromatic heterocycles. The molecular weight excluding hydrogens is 274 g/mol. The number of hydrogen-bond acceptors (Lipinski definition) is 2. The van der Waals surface area contributed by atoms with Crippen LogP contribution in [0.4, 0.5) is 5.69 Å². The molecule has 0 radical (unpaired) electrons. The van der Waals surface area contributed by atoms with Crippen molar-refractivity contribution in [3.05, 3.63) is 60.2 Å². The van der Waals surface area contributed by atoms with Crippen LogP contribution in [0.15, 0.2) is 54.6 Å². The molecule has 22 heavy (non-hydrogen) atoms. The van der Waals surface area contributed by atoms with Gasteiger partial charge in [-0.2, -0.15) is 0 Å². The van der Waals surface area contributed by atoms with Gasteiger partial charge in [0.2, 0.25) is 5.91 Å². The van der Waals surface area contributed by atoms with E-state index in [0.29, 0.717) is 12.3 Å². The number of carbonyl (C=O) groups excluding carboxylic acids is 1. The van der Waals surface area contributed by atoms with Crippen molar-refractivity contribution in [3.63, 3.8) is 0 Å². The lowest BCUT2D eigenvalue weighted by Crippen LogP contribution is -2.14. The van der Waals surface area contributed by atoms with Gasteiger partial charge in [0, 0.05) is 5.69 Å². The van der Waals surface area contributed by atoms with Crippen LogP contribution in [0.25, 0.3) is 0 Å². The van der Waals surface area contributed by atoms with Crippen molar-refractivity contribution in [2.75, 3.05) is 11.9 Å². The van der Waals surface area contributed by atoms with E-state index in [1.165, 1.54) is 0 Å². The minimum atomic E-state index is -0.0142. The largest absolute Gasteiger partial charge is 0.494 e. The zero-order valence-corrected chi connectivity index (χ0v) is 13.2. The Hall–Kier alpha value is -2.29. The highest BCUT2D eigenvalue weighted by Gasteiger charge is 2.04. The van der Waals surface area contributed by atoms with Crippen LogP contribution in [-0.2, 0) is 11.2 Å². The predicted octanol–water partition coefficient (Wildman–Crippen LogP) is 4.29. The molecule has 1 amide bonds. The molecule has 2 aromatic rings. The normalized spacial score (nSPS) is 10.5. The number of ether oxygens (including phenoxy) is 1. The minimum Gasteiger partial charge on any atom is -0.494 e. The van der Waals surface area contributed by atoms with E-state index in [0.717, 1.165) is 30.0 Å². The van der Waals surface area contributed by atoms with Gasteiger partial charge >= 0.3 is 0 Å². The minimum absolute atomic E-state index is 0.0142. The summed E-state index contributed by atoms with van der Waals surface area (Å²) in [7, 11) is 0. The summed E-state index contributed by atoms with van der Waals surface area (Å²) in [4.78, 5) is 12.0. The van der Waals surface area contributed by atoms with Crippen molar-refractivity contribution in [2.45, 2.75) is 26.7 Å². The molecule has 0 aliphatic heterocycles. The van der Waals surface area contributed by atoms with Gasteiger partial charge in [-0.1, -0.05) is 44.2 Å². The van der Waals surface area contributed by atoms with Crippen LogP contribution in [0.3, 0.4) is 0 Å². The number of nitrogens with one attached hydrogen (secondary N) is 1. The lowest BCUT2D eigenvalue weighted by atomic mass is 10.1. The Balaban J connectivity index is 1.82. The van der Waals surface area contributed by atoms with E-state index in [2.05, 4.69) is 19.2 Å². The van der Waals surface area contributed by atoms with E-state index in [1.807, 2.05) is 54.6 Å². The topological polar surface area (TPSA) is 38.3 Å². The summed E-state index contributed by atoms with van der Waals surface area (Å²) in [5.41, 5.74) is 1.80. The third kappa shape index (κ3) is 5.60. The third-order valence-corrected chi connectivity index (χ3v) is 3.31. The van der Waals surface area contributed by atoms with Gasteiger partial charge < -0.3 is 10.1 Å². The van der Waals surface area contributed by atoms with Crippen LogP contribution in [0.1, 0.15) is 25.8 Å². The molecule has 0 heterocycles. The fourth-order valence-electron chi connectivity index (χ4n) is 2.03. The molecule has 0 spiro atoms. The van der Waals surface area contributed by atoms with Gasteiger partial charge in [-0.15, -0.1) is 0 Å². The zero-order chi connectivity index (χ0) is 15.8. The number of hydrogen-bond donors (Lipinski definition) is 1. The van der Waals surface area contributed by atoms with Crippen LogP contribution in [-0.4, -0.2) is 12.5 Å². The fraction of sp³-hybridized carbons (Fsp3) is 0.316. The Morgan fingerprint density at radius 3 is 2.36 bits per heavy atom.